The first kappa shape index (κ1) is 6.05. The van der Waals surface area contributed by atoms with Gasteiger partial charge in [-0.15, -0.1) is 0 Å². The van der Waals surface area contributed by atoms with Crippen molar-refractivity contribution in [3.8, 4) is 0 Å². The van der Waals surface area contributed by atoms with Gasteiger partial charge >= 0.3 is 0 Å². The summed E-state index contributed by atoms with van der Waals surface area (Å²) in [6.45, 7) is 4.07. The van der Waals surface area contributed by atoms with E-state index in [1.807, 2.05) is 13.8 Å². The first-order valence-electron chi connectivity index (χ1n) is 2.83. The molecular weight excluding hydrogens is 116 g/mol. The molecule has 0 amide bonds. The summed E-state index contributed by atoms with van der Waals surface area (Å²) in [6, 6.07) is 0. The molecule has 0 radical (unpaired) electrons. The average Bonchev–Trinajstić information content (AvgIpc) is 1.90. The molecule has 0 aromatic rings. The summed E-state index contributed by atoms with van der Waals surface area (Å²) < 4.78 is 0. The lowest BCUT2D eigenvalue weighted by molar-refractivity contribution is 0.155. The monoisotopic (exact) mass is 124 g/mol. The van der Waals surface area contributed by atoms with Crippen LogP contribution in [0.4, 0.5) is 0 Å². The Bertz CT molecular complexity index is 187. The summed E-state index contributed by atoms with van der Waals surface area (Å²) in [5.74, 6) is 2.95. The zero-order chi connectivity index (χ0) is 6.69. The Labute approximate surface area is 53.7 Å². The van der Waals surface area contributed by atoms with Gasteiger partial charge in [-0.1, -0.05) is 19.0 Å². The van der Waals surface area contributed by atoms with Gasteiger partial charge in [0, 0.05) is 11.9 Å². The van der Waals surface area contributed by atoms with Gasteiger partial charge in [-0.25, -0.2) is 4.94 Å². The van der Waals surface area contributed by atoms with Crippen molar-refractivity contribution in [3.63, 3.8) is 0 Å². The van der Waals surface area contributed by atoms with E-state index in [2.05, 4.69) is 21.1 Å². The quantitative estimate of drug-likeness (QED) is 0.516. The van der Waals surface area contributed by atoms with Crippen LogP contribution in [0.15, 0.2) is 16.4 Å². The third-order valence-electron chi connectivity index (χ3n) is 1.04. The molecule has 0 aromatic carbocycles. The number of rotatable bonds is 1. The molecular formula is C6H8N2O. The highest BCUT2D eigenvalue weighted by Crippen LogP contribution is 2.00. The Morgan fingerprint density at radius 2 is 2.44 bits per heavy atom. The van der Waals surface area contributed by atoms with Crippen molar-refractivity contribution < 1.29 is 4.94 Å². The van der Waals surface area contributed by atoms with Crippen LogP contribution >= 0.6 is 0 Å². The minimum absolute atomic E-state index is 0.382. The van der Waals surface area contributed by atoms with Gasteiger partial charge in [-0.2, -0.15) is 0 Å². The third kappa shape index (κ3) is 1.40. The number of oxime groups is 1. The van der Waals surface area contributed by atoms with Crippen LogP contribution in [0.5, 0.6) is 0 Å². The molecule has 0 spiro atoms. The lowest BCUT2D eigenvalue weighted by Crippen LogP contribution is -2.05. The number of hydrogen-bond acceptors (Lipinski definition) is 3. The molecule has 1 aliphatic rings. The van der Waals surface area contributed by atoms with E-state index in [4.69, 9.17) is 0 Å². The molecule has 3 heteroatoms. The van der Waals surface area contributed by atoms with Gasteiger partial charge in [0.05, 0.1) is 5.71 Å². The van der Waals surface area contributed by atoms with Crippen molar-refractivity contribution >= 4 is 11.6 Å². The van der Waals surface area contributed by atoms with Gasteiger partial charge < -0.3 is 0 Å². The van der Waals surface area contributed by atoms with E-state index in [0.29, 0.717) is 5.92 Å². The molecule has 0 N–H and O–H groups in total. The van der Waals surface area contributed by atoms with Crippen molar-refractivity contribution in [3.05, 3.63) is 6.08 Å². The number of nitrogens with zero attached hydrogens (tertiary/aromatic N) is 2. The maximum atomic E-state index is 4.41. The van der Waals surface area contributed by atoms with Crippen LogP contribution < -0.4 is 0 Å². The molecule has 9 heavy (non-hydrogen) atoms. The first-order valence-corrected chi connectivity index (χ1v) is 2.83. The van der Waals surface area contributed by atoms with E-state index in [0.717, 1.165) is 5.71 Å². The topological polar surface area (TPSA) is 34.0 Å². The van der Waals surface area contributed by atoms with Gasteiger partial charge in [0.1, 0.15) is 0 Å². The first-order chi connectivity index (χ1) is 4.30. The van der Waals surface area contributed by atoms with E-state index in [9.17, 15) is 0 Å². The van der Waals surface area contributed by atoms with Crippen LogP contribution in [0, 0.1) is 5.92 Å². The molecule has 0 unspecified atom stereocenters. The maximum absolute atomic E-state index is 4.41. The predicted octanol–water partition coefficient (Wildman–Crippen LogP) is 1.17. The molecule has 1 heterocycles. The molecule has 0 aliphatic carbocycles. The van der Waals surface area contributed by atoms with Gasteiger partial charge in [0.15, 0.2) is 0 Å². The van der Waals surface area contributed by atoms with Crippen molar-refractivity contribution in [1.82, 2.24) is 0 Å². The van der Waals surface area contributed by atoms with Gasteiger partial charge in [-0.05, 0) is 11.1 Å². The second-order valence-electron chi connectivity index (χ2n) is 2.12. The summed E-state index contributed by atoms with van der Waals surface area (Å²) in [4.78, 5) is 4.41. The predicted molar refractivity (Wildman–Crippen MR) is 35.4 cm³/mol. The second-order valence-corrected chi connectivity index (χ2v) is 2.12. The van der Waals surface area contributed by atoms with Gasteiger partial charge in [0.25, 0.3) is 0 Å². The Morgan fingerprint density at radius 3 is 2.78 bits per heavy atom. The van der Waals surface area contributed by atoms with E-state index in [1.165, 1.54) is 0 Å². The fraction of sp³-hybridized carbons (Fsp3) is 0.500. The van der Waals surface area contributed by atoms with E-state index < -0.39 is 0 Å². The van der Waals surface area contributed by atoms with Gasteiger partial charge in [0.2, 0.25) is 0 Å². The van der Waals surface area contributed by atoms with E-state index in [1.54, 1.807) is 6.08 Å². The fourth-order valence-electron chi connectivity index (χ4n) is 0.482. The van der Waals surface area contributed by atoms with Crippen LogP contribution in [-0.4, -0.2) is 11.6 Å². The highest BCUT2D eigenvalue weighted by molar-refractivity contribution is 6.02. The molecule has 1 rings (SSSR count). The van der Waals surface area contributed by atoms with E-state index in [-0.39, 0.29) is 0 Å². The molecule has 3 nitrogen and oxygen atoms in total. The highest BCUT2D eigenvalue weighted by atomic mass is 16.8. The SMILES string of the molecule is CC(C)C1=NON=C=C1. The van der Waals surface area contributed by atoms with E-state index >= 15 is 0 Å². The average molecular weight is 124 g/mol. The fourth-order valence-corrected chi connectivity index (χ4v) is 0.482. The minimum atomic E-state index is 0.382. The minimum Gasteiger partial charge on any atom is -0.236 e. The van der Waals surface area contributed by atoms with Gasteiger partial charge in [-0.3, -0.25) is 0 Å². The lowest BCUT2D eigenvalue weighted by atomic mass is 10.1. The molecule has 0 atom stereocenters. The molecule has 0 saturated heterocycles. The molecule has 0 aromatic heterocycles. The normalized spacial score (nSPS) is 15.7. The Kier molecular flexibility index (Phi) is 1.66. The van der Waals surface area contributed by atoms with Crippen molar-refractivity contribution in [2.24, 2.45) is 16.2 Å². The molecule has 0 fully saturated rings. The van der Waals surface area contributed by atoms with Crippen LogP contribution in [-0.2, 0) is 4.94 Å². The molecule has 0 bridgehead atoms. The Morgan fingerprint density at radius 1 is 1.67 bits per heavy atom. The summed E-state index contributed by atoms with van der Waals surface area (Å²) in [5, 5.41) is 6.98. The van der Waals surface area contributed by atoms with Crippen LogP contribution in [0.3, 0.4) is 0 Å². The maximum Gasteiger partial charge on any atom is 0.0949 e. The molecule has 0 saturated carbocycles. The third-order valence-corrected chi connectivity index (χ3v) is 1.04. The van der Waals surface area contributed by atoms with Crippen LogP contribution in [0.2, 0.25) is 0 Å². The highest BCUT2D eigenvalue weighted by Gasteiger charge is 2.02. The summed E-state index contributed by atoms with van der Waals surface area (Å²) >= 11 is 0. The van der Waals surface area contributed by atoms with Crippen molar-refractivity contribution in [1.29, 1.82) is 0 Å². The standard InChI is InChI=1S/C6H8N2O/c1-5(2)6-3-4-7-9-8-6/h3,5H,1-2H3. The Hall–Kier alpha value is -1.08. The number of allylic oxidation sites excluding steroid dienone is 1. The molecule has 48 valence electrons. The second kappa shape index (κ2) is 2.46. The largest absolute Gasteiger partial charge is 0.236 e. The smallest absolute Gasteiger partial charge is 0.0949 e. The molecule has 1 aliphatic heterocycles. The van der Waals surface area contributed by atoms with Crippen LogP contribution in [0.25, 0.3) is 0 Å². The zero-order valence-electron chi connectivity index (χ0n) is 5.46. The lowest BCUT2D eigenvalue weighted by Gasteiger charge is -2.01. The summed E-state index contributed by atoms with van der Waals surface area (Å²) in [5.41, 5.74) is 0.880. The zero-order valence-corrected chi connectivity index (χ0v) is 5.46. The Balaban J connectivity index is 2.72. The summed E-state index contributed by atoms with van der Waals surface area (Å²) in [6.07, 6.45) is 1.72. The number of hydrogen-bond donors (Lipinski definition) is 0. The summed E-state index contributed by atoms with van der Waals surface area (Å²) in [7, 11) is 0. The van der Waals surface area contributed by atoms with Crippen LogP contribution in [0.1, 0.15) is 13.8 Å². The van der Waals surface area contributed by atoms with Crippen molar-refractivity contribution in [2.45, 2.75) is 13.8 Å². The van der Waals surface area contributed by atoms with Crippen molar-refractivity contribution in [2.75, 3.05) is 0 Å².